The lowest BCUT2D eigenvalue weighted by molar-refractivity contribution is -0.0580. The quantitative estimate of drug-likeness (QED) is 0.677. The lowest BCUT2D eigenvalue weighted by Crippen LogP contribution is -2.26. The van der Waals surface area contributed by atoms with E-state index in [1.807, 2.05) is 0 Å². The Morgan fingerprint density at radius 1 is 1.43 bits per heavy atom. The first-order chi connectivity index (χ1) is 9.84. The minimum Gasteiger partial charge on any atom is -0.404 e. The van der Waals surface area contributed by atoms with Crippen molar-refractivity contribution in [2.24, 2.45) is 10.7 Å². The van der Waals surface area contributed by atoms with Gasteiger partial charge in [-0.3, -0.25) is 4.98 Å². The van der Waals surface area contributed by atoms with Gasteiger partial charge in [0.05, 0.1) is 16.6 Å². The molecule has 0 aliphatic rings. The van der Waals surface area contributed by atoms with Gasteiger partial charge in [0.2, 0.25) is 0 Å². The number of aromatic nitrogens is 1. The summed E-state index contributed by atoms with van der Waals surface area (Å²) in [5, 5.41) is 2.40. The zero-order chi connectivity index (χ0) is 15.6. The van der Waals surface area contributed by atoms with E-state index in [9.17, 15) is 13.2 Å². The molecule has 0 atom stereocenters. The standard InChI is InChI=1S/C14H12F3N3S/c1-8(2)10(5-18)13(14(15,16)17)20-11-6-19-7-12-9(11)3-4-21-12/h3-7H,1,18H2,2H3. The van der Waals surface area contributed by atoms with E-state index >= 15 is 0 Å². The fourth-order valence-corrected chi connectivity index (χ4v) is 2.56. The molecule has 0 amide bonds. The molecule has 21 heavy (non-hydrogen) atoms. The summed E-state index contributed by atoms with van der Waals surface area (Å²) in [5.74, 6) is 0. The first-order valence-corrected chi connectivity index (χ1v) is 6.77. The highest BCUT2D eigenvalue weighted by molar-refractivity contribution is 7.17. The summed E-state index contributed by atoms with van der Waals surface area (Å²) in [5.41, 5.74) is 4.35. The summed E-state index contributed by atoms with van der Waals surface area (Å²) in [6, 6.07) is 1.71. The summed E-state index contributed by atoms with van der Waals surface area (Å²) >= 11 is 1.39. The molecule has 0 saturated heterocycles. The highest BCUT2D eigenvalue weighted by Gasteiger charge is 2.38. The summed E-state index contributed by atoms with van der Waals surface area (Å²) in [6.45, 7) is 4.96. The molecule has 0 spiro atoms. The van der Waals surface area contributed by atoms with Gasteiger partial charge in [0.15, 0.2) is 5.71 Å². The molecule has 0 radical (unpaired) electrons. The van der Waals surface area contributed by atoms with Crippen LogP contribution in [0.15, 0.2) is 52.8 Å². The Bertz CT molecular complexity index is 741. The summed E-state index contributed by atoms with van der Waals surface area (Å²) in [4.78, 5) is 7.66. The highest BCUT2D eigenvalue weighted by Crippen LogP contribution is 2.33. The van der Waals surface area contributed by atoms with E-state index in [2.05, 4.69) is 16.6 Å². The van der Waals surface area contributed by atoms with E-state index in [0.29, 0.717) is 5.39 Å². The Labute approximate surface area is 123 Å². The van der Waals surface area contributed by atoms with Gasteiger partial charge < -0.3 is 5.73 Å². The van der Waals surface area contributed by atoms with Crippen LogP contribution in [0.3, 0.4) is 0 Å². The zero-order valence-electron chi connectivity index (χ0n) is 11.1. The molecule has 0 saturated carbocycles. The molecule has 2 heterocycles. The van der Waals surface area contributed by atoms with Crippen LogP contribution < -0.4 is 5.73 Å². The molecular weight excluding hydrogens is 299 g/mol. The zero-order valence-corrected chi connectivity index (χ0v) is 11.9. The largest absolute Gasteiger partial charge is 0.434 e. The maximum absolute atomic E-state index is 13.2. The van der Waals surface area contributed by atoms with Crippen molar-refractivity contribution in [3.63, 3.8) is 0 Å². The average Bonchev–Trinajstić information content (AvgIpc) is 2.86. The van der Waals surface area contributed by atoms with E-state index in [0.717, 1.165) is 10.9 Å². The average molecular weight is 311 g/mol. The molecule has 0 aliphatic heterocycles. The first kappa shape index (κ1) is 15.2. The maximum Gasteiger partial charge on any atom is 0.434 e. The second-order valence-electron chi connectivity index (χ2n) is 4.31. The minimum absolute atomic E-state index is 0.154. The SMILES string of the molecule is C=C(C)C(=CN)C(=Nc1cncc2sccc12)C(F)(F)F. The van der Waals surface area contributed by atoms with Gasteiger partial charge in [-0.2, -0.15) is 13.2 Å². The summed E-state index contributed by atoms with van der Waals surface area (Å²) < 4.78 is 40.5. The maximum atomic E-state index is 13.2. The van der Waals surface area contributed by atoms with Crippen LogP contribution in [-0.2, 0) is 0 Å². The highest BCUT2D eigenvalue weighted by atomic mass is 32.1. The van der Waals surface area contributed by atoms with Gasteiger partial charge in [-0.15, -0.1) is 11.3 Å². The molecule has 0 aromatic carbocycles. The third-order valence-electron chi connectivity index (χ3n) is 2.74. The lowest BCUT2D eigenvalue weighted by atomic mass is 10.0. The van der Waals surface area contributed by atoms with Gasteiger partial charge in [0, 0.05) is 23.4 Å². The van der Waals surface area contributed by atoms with Crippen LogP contribution in [0, 0.1) is 0 Å². The van der Waals surface area contributed by atoms with Crippen LogP contribution in [0.1, 0.15) is 6.92 Å². The number of allylic oxidation sites excluding steroid dienone is 2. The normalized spacial score (nSPS) is 13.7. The molecule has 0 unspecified atom stereocenters. The topological polar surface area (TPSA) is 51.3 Å². The number of pyridine rings is 1. The van der Waals surface area contributed by atoms with Crippen LogP contribution in [0.5, 0.6) is 0 Å². The monoisotopic (exact) mass is 311 g/mol. The minimum atomic E-state index is -4.64. The number of thiophene rings is 1. The predicted molar refractivity (Wildman–Crippen MR) is 79.9 cm³/mol. The van der Waals surface area contributed by atoms with Gasteiger partial charge in [-0.05, 0) is 23.9 Å². The fraction of sp³-hybridized carbons (Fsp3) is 0.143. The van der Waals surface area contributed by atoms with Gasteiger partial charge in [0.1, 0.15) is 0 Å². The van der Waals surface area contributed by atoms with E-state index in [4.69, 9.17) is 5.73 Å². The number of hydrogen-bond donors (Lipinski definition) is 1. The van der Waals surface area contributed by atoms with E-state index < -0.39 is 11.9 Å². The van der Waals surface area contributed by atoms with Crippen LogP contribution in [0.25, 0.3) is 10.1 Å². The smallest absolute Gasteiger partial charge is 0.404 e. The van der Waals surface area contributed by atoms with Gasteiger partial charge in [-0.1, -0.05) is 6.58 Å². The van der Waals surface area contributed by atoms with Crippen molar-refractivity contribution >= 4 is 32.8 Å². The van der Waals surface area contributed by atoms with Crippen molar-refractivity contribution < 1.29 is 13.2 Å². The van der Waals surface area contributed by atoms with Gasteiger partial charge in [-0.25, -0.2) is 4.99 Å². The molecule has 2 aromatic rings. The number of nitrogens with two attached hydrogens (primary N) is 1. The Balaban J connectivity index is 2.66. The third-order valence-corrected chi connectivity index (χ3v) is 3.59. The second kappa shape index (κ2) is 5.69. The number of hydrogen-bond acceptors (Lipinski definition) is 4. The molecule has 110 valence electrons. The van der Waals surface area contributed by atoms with Crippen LogP contribution in [0.4, 0.5) is 18.9 Å². The number of fused-ring (bicyclic) bond motifs is 1. The molecule has 0 bridgehead atoms. The molecule has 2 rings (SSSR count). The fourth-order valence-electron chi connectivity index (χ4n) is 1.79. The number of rotatable bonds is 3. The Morgan fingerprint density at radius 3 is 2.71 bits per heavy atom. The summed E-state index contributed by atoms with van der Waals surface area (Å²) in [7, 11) is 0. The molecule has 2 aromatic heterocycles. The van der Waals surface area contributed by atoms with Crippen molar-refractivity contribution in [2.45, 2.75) is 13.1 Å². The molecule has 2 N–H and O–H groups in total. The summed E-state index contributed by atoms with van der Waals surface area (Å²) in [6.07, 6.45) is -0.879. The number of nitrogens with zero attached hydrogens (tertiary/aromatic N) is 2. The van der Waals surface area contributed by atoms with Crippen molar-refractivity contribution in [3.8, 4) is 0 Å². The molecule has 0 aliphatic carbocycles. The number of aliphatic imine (C=N–C) groups is 1. The molecule has 7 heteroatoms. The second-order valence-corrected chi connectivity index (χ2v) is 5.26. The van der Waals surface area contributed by atoms with Crippen molar-refractivity contribution in [1.29, 1.82) is 0 Å². The molecular formula is C14H12F3N3S. The molecule has 0 fully saturated rings. The van der Waals surface area contributed by atoms with Crippen LogP contribution >= 0.6 is 11.3 Å². The van der Waals surface area contributed by atoms with Crippen LogP contribution in [-0.4, -0.2) is 16.9 Å². The Hall–Kier alpha value is -2.15. The Kier molecular flexibility index (Phi) is 4.13. The third kappa shape index (κ3) is 3.13. The Morgan fingerprint density at radius 2 is 2.14 bits per heavy atom. The molecule has 3 nitrogen and oxygen atoms in total. The van der Waals surface area contributed by atoms with E-state index in [-0.39, 0.29) is 16.8 Å². The number of halogens is 3. The van der Waals surface area contributed by atoms with Crippen molar-refractivity contribution in [3.05, 3.63) is 47.8 Å². The first-order valence-electron chi connectivity index (χ1n) is 5.90. The van der Waals surface area contributed by atoms with E-state index in [1.54, 1.807) is 17.6 Å². The van der Waals surface area contributed by atoms with Crippen molar-refractivity contribution in [1.82, 2.24) is 4.98 Å². The van der Waals surface area contributed by atoms with Gasteiger partial charge in [0.25, 0.3) is 0 Å². The number of alkyl halides is 3. The van der Waals surface area contributed by atoms with E-state index in [1.165, 1.54) is 24.5 Å². The van der Waals surface area contributed by atoms with Crippen molar-refractivity contribution in [2.75, 3.05) is 0 Å². The predicted octanol–water partition coefficient (Wildman–Crippen LogP) is 4.35. The van der Waals surface area contributed by atoms with Crippen LogP contribution in [0.2, 0.25) is 0 Å². The van der Waals surface area contributed by atoms with Gasteiger partial charge >= 0.3 is 6.18 Å². The lowest BCUT2D eigenvalue weighted by Gasteiger charge is -2.14.